The summed E-state index contributed by atoms with van der Waals surface area (Å²) in [5, 5.41) is 9.13. The lowest BCUT2D eigenvalue weighted by atomic mass is 10.1. The number of carboxylic acid groups (broad SMARTS) is 1. The van der Waals surface area contributed by atoms with Crippen LogP contribution in [0.2, 0.25) is 0 Å². The monoisotopic (exact) mass is 786 g/mol. The summed E-state index contributed by atoms with van der Waals surface area (Å²) >= 11 is 3.11. The van der Waals surface area contributed by atoms with Crippen LogP contribution in [0.15, 0.2) is 72.8 Å². The largest absolute Gasteiger partial charge is 0.497 e. The van der Waals surface area contributed by atoms with Crippen molar-refractivity contribution in [2.75, 3.05) is 66.1 Å². The van der Waals surface area contributed by atoms with Crippen molar-refractivity contribution in [1.82, 2.24) is 0 Å². The first kappa shape index (κ1) is 44.1. The molecule has 0 bridgehead atoms. The average Bonchev–Trinajstić information content (AvgIpc) is 3.16. The number of ketones is 2. The van der Waals surface area contributed by atoms with E-state index in [2.05, 4.69) is 15.9 Å². The quantitative estimate of drug-likeness (QED) is 0.0595. The van der Waals surface area contributed by atoms with E-state index in [1.54, 1.807) is 55.6 Å². The minimum atomic E-state index is -1.09. The molecular formula is C37H43BrN2O12. The Kier molecular flexibility index (Phi) is 18.6. The van der Waals surface area contributed by atoms with Crippen LogP contribution in [0.3, 0.4) is 0 Å². The molecule has 0 heterocycles. The van der Waals surface area contributed by atoms with Gasteiger partial charge >= 0.3 is 11.9 Å². The fourth-order valence-electron chi connectivity index (χ4n) is 4.07. The third-order valence-corrected chi connectivity index (χ3v) is 7.35. The number of ether oxygens (including phenoxy) is 7. The molecule has 0 aromatic heterocycles. The first-order valence-corrected chi connectivity index (χ1v) is 15.8. The summed E-state index contributed by atoms with van der Waals surface area (Å²) in [6, 6.07) is 19.2. The van der Waals surface area contributed by atoms with E-state index in [1.807, 2.05) is 0 Å². The molecule has 0 aliphatic carbocycles. The highest BCUT2D eigenvalue weighted by molar-refractivity contribution is 9.09. The minimum Gasteiger partial charge on any atom is -0.497 e. The van der Waals surface area contributed by atoms with E-state index in [4.69, 9.17) is 49.7 Å². The summed E-state index contributed by atoms with van der Waals surface area (Å²) in [6.07, 6.45) is 0. The molecule has 52 heavy (non-hydrogen) atoms. The Bertz CT molecular complexity index is 1800. The first-order valence-electron chi connectivity index (χ1n) is 14.7. The highest BCUT2D eigenvalue weighted by Crippen LogP contribution is 2.33. The number of halogens is 1. The number of nitrogen functional groups attached to an aromatic ring is 2. The van der Waals surface area contributed by atoms with Crippen molar-refractivity contribution in [2.45, 2.75) is 7.43 Å². The molecule has 5 N–H and O–H groups in total. The Labute approximate surface area is 310 Å². The first-order chi connectivity index (χ1) is 24.4. The van der Waals surface area contributed by atoms with Gasteiger partial charge in [0.15, 0.2) is 41.2 Å². The van der Waals surface area contributed by atoms with Crippen molar-refractivity contribution < 1.29 is 57.4 Å². The van der Waals surface area contributed by atoms with Gasteiger partial charge in [0.1, 0.15) is 11.5 Å². The average molecular weight is 788 g/mol. The van der Waals surface area contributed by atoms with Crippen molar-refractivity contribution in [2.24, 2.45) is 0 Å². The van der Waals surface area contributed by atoms with Gasteiger partial charge in [-0.2, -0.15) is 0 Å². The van der Waals surface area contributed by atoms with Gasteiger partial charge in [0.2, 0.25) is 0 Å². The number of carbonyl (C=O) groups is 4. The Morgan fingerprint density at radius 3 is 1.31 bits per heavy atom. The Morgan fingerprint density at radius 2 is 0.942 bits per heavy atom. The minimum absolute atomic E-state index is 0. The number of hydrogen-bond donors (Lipinski definition) is 3. The van der Waals surface area contributed by atoms with Crippen LogP contribution in [0.4, 0.5) is 11.4 Å². The zero-order valence-electron chi connectivity index (χ0n) is 28.8. The molecular weight excluding hydrogens is 744 g/mol. The molecule has 0 aliphatic heterocycles. The second kappa shape index (κ2) is 22.0. The van der Waals surface area contributed by atoms with Crippen molar-refractivity contribution in [1.29, 1.82) is 0 Å². The molecule has 0 spiro atoms. The Morgan fingerprint density at radius 1 is 0.577 bits per heavy atom. The predicted molar refractivity (Wildman–Crippen MR) is 200 cm³/mol. The lowest BCUT2D eigenvalue weighted by Gasteiger charge is -2.12. The lowest BCUT2D eigenvalue weighted by molar-refractivity contribution is 0.0475. The number of hydrogen-bond acceptors (Lipinski definition) is 13. The molecule has 4 aromatic carbocycles. The van der Waals surface area contributed by atoms with Crippen molar-refractivity contribution >= 4 is 50.8 Å². The molecule has 0 amide bonds. The summed E-state index contributed by atoms with van der Waals surface area (Å²) in [4.78, 5) is 46.1. The van der Waals surface area contributed by atoms with Gasteiger partial charge in [-0.3, -0.25) is 9.59 Å². The van der Waals surface area contributed by atoms with Crippen LogP contribution >= 0.6 is 15.9 Å². The number of alkyl halides is 1. The van der Waals surface area contributed by atoms with E-state index in [9.17, 15) is 19.2 Å². The third kappa shape index (κ3) is 12.4. The van der Waals surface area contributed by atoms with Crippen molar-refractivity contribution in [3.63, 3.8) is 0 Å². The van der Waals surface area contributed by atoms with Gasteiger partial charge in [0.25, 0.3) is 0 Å². The van der Waals surface area contributed by atoms with Gasteiger partial charge < -0.3 is 49.7 Å². The number of carboxylic acids is 1. The summed E-state index contributed by atoms with van der Waals surface area (Å²) < 4.78 is 35.2. The molecule has 14 nitrogen and oxygen atoms in total. The van der Waals surface area contributed by atoms with Gasteiger partial charge in [-0.25, -0.2) is 9.59 Å². The molecule has 280 valence electrons. The summed E-state index contributed by atoms with van der Waals surface area (Å²) in [5.41, 5.74) is 12.9. The van der Waals surface area contributed by atoms with Gasteiger partial charge in [-0.05, 0) is 48.5 Å². The molecule has 4 rings (SSSR count). The van der Waals surface area contributed by atoms with Crippen LogP contribution in [-0.4, -0.2) is 83.2 Å². The van der Waals surface area contributed by atoms with Gasteiger partial charge in [-0.1, -0.05) is 23.4 Å². The second-order valence-electron chi connectivity index (χ2n) is 9.91. The van der Waals surface area contributed by atoms with Gasteiger partial charge in [-0.15, -0.1) is 0 Å². The number of esters is 1. The zero-order chi connectivity index (χ0) is 38.1. The van der Waals surface area contributed by atoms with E-state index in [0.29, 0.717) is 45.2 Å². The number of carbonyl (C=O) groups excluding carboxylic acids is 3. The SMILES string of the molecule is C.COc1cc(N)c(C(=O)O)cc1OC.COc1ccc(C(=O)CBr)cc1.COc1ccc(C(=O)COC(=O)c2cc(OC)c(OC)cc2N)cc1. The van der Waals surface area contributed by atoms with Gasteiger partial charge in [0, 0.05) is 35.4 Å². The molecule has 15 heteroatoms. The van der Waals surface area contributed by atoms with E-state index < -0.39 is 18.5 Å². The highest BCUT2D eigenvalue weighted by Gasteiger charge is 2.18. The molecule has 4 aromatic rings. The number of methoxy groups -OCH3 is 6. The van der Waals surface area contributed by atoms with E-state index >= 15 is 0 Å². The fourth-order valence-corrected chi connectivity index (χ4v) is 4.40. The van der Waals surface area contributed by atoms with Crippen LogP contribution < -0.4 is 39.9 Å². The number of aromatic carboxylic acids is 1. The number of nitrogens with two attached hydrogens (primary N) is 2. The maximum atomic E-state index is 12.2. The molecule has 0 aliphatic rings. The van der Waals surface area contributed by atoms with Gasteiger partial charge in [0.05, 0.1) is 70.5 Å². The third-order valence-electron chi connectivity index (χ3n) is 6.84. The van der Waals surface area contributed by atoms with Crippen LogP contribution in [-0.2, 0) is 4.74 Å². The predicted octanol–water partition coefficient (Wildman–Crippen LogP) is 6.23. The topological polar surface area (TPSA) is 205 Å². The van der Waals surface area contributed by atoms with Crippen LogP contribution in [0.25, 0.3) is 0 Å². The fraction of sp³-hybridized carbons (Fsp3) is 0.243. The normalized spacial score (nSPS) is 9.60. The number of rotatable bonds is 13. The molecule has 0 saturated carbocycles. The second-order valence-corrected chi connectivity index (χ2v) is 10.5. The Hall–Kier alpha value is -5.96. The lowest BCUT2D eigenvalue weighted by Crippen LogP contribution is -2.15. The van der Waals surface area contributed by atoms with Crippen LogP contribution in [0, 0.1) is 0 Å². The summed E-state index contributed by atoms with van der Waals surface area (Å²) in [6.45, 7) is -0.404. The Balaban J connectivity index is 0.000000424. The van der Waals surface area contributed by atoms with Crippen LogP contribution in [0.5, 0.6) is 34.5 Å². The zero-order valence-corrected chi connectivity index (χ0v) is 30.4. The molecule has 0 atom stereocenters. The van der Waals surface area contributed by atoms with Crippen LogP contribution in [0.1, 0.15) is 48.9 Å². The smallest absolute Gasteiger partial charge is 0.340 e. The highest BCUT2D eigenvalue weighted by atomic mass is 79.9. The van der Waals surface area contributed by atoms with E-state index in [-0.39, 0.29) is 41.5 Å². The number of anilines is 2. The summed E-state index contributed by atoms with van der Waals surface area (Å²) in [7, 11) is 8.92. The number of benzene rings is 4. The van der Waals surface area contributed by atoms with Crippen molar-refractivity contribution in [3.05, 3.63) is 95.1 Å². The standard InChI is InChI=1S/C18H19NO6.C9H9BrO2.C9H11NO4.CH4/c1-22-12-6-4-11(5-7-12)15(20)10-25-18(21)13-8-16(23-2)17(24-3)9-14(13)19;1-12-8-4-2-7(3-5-8)9(11)6-10;1-13-7-3-5(9(11)12)6(10)4-8(7)14-2;/h4-9H,10,19H2,1-3H3;2-5H,6H2,1H3;3-4H,10H2,1-2H3,(H,11,12);1H4. The molecule has 0 radical (unpaired) electrons. The molecule has 0 fully saturated rings. The van der Waals surface area contributed by atoms with E-state index in [0.717, 1.165) is 5.75 Å². The molecule has 0 saturated heterocycles. The summed E-state index contributed by atoms with van der Waals surface area (Å²) in [5.74, 6) is 0.814. The van der Waals surface area contributed by atoms with E-state index in [1.165, 1.54) is 59.8 Å². The maximum absolute atomic E-state index is 12.2. The maximum Gasteiger partial charge on any atom is 0.340 e. The number of Topliss-reactive ketones (excluding diaryl/α,β-unsaturated/α-hetero) is 2. The molecule has 0 unspecified atom stereocenters. The van der Waals surface area contributed by atoms with Crippen molar-refractivity contribution in [3.8, 4) is 34.5 Å².